The lowest BCUT2D eigenvalue weighted by Gasteiger charge is -2.34. The molecule has 2 N–H and O–H groups in total. The number of hydrogen-bond acceptors (Lipinski definition) is 4. The molecule has 0 atom stereocenters. The highest BCUT2D eigenvalue weighted by molar-refractivity contribution is 6.31. The zero-order chi connectivity index (χ0) is 16.9. The second-order valence-corrected chi connectivity index (χ2v) is 6.80. The Labute approximate surface area is 148 Å². The fraction of sp³-hybridized carbons (Fsp3) is 0.500. The normalized spacial score (nSPS) is 15.9. The van der Waals surface area contributed by atoms with E-state index in [1.165, 1.54) is 5.69 Å². The van der Waals surface area contributed by atoms with Crippen molar-refractivity contribution in [2.45, 2.75) is 39.0 Å². The predicted octanol–water partition coefficient (Wildman–Crippen LogP) is 3.28. The molecule has 5 nitrogen and oxygen atoms in total. The van der Waals surface area contributed by atoms with Gasteiger partial charge in [0.25, 0.3) is 0 Å². The second kappa shape index (κ2) is 8.01. The number of rotatable bonds is 6. The average molecular weight is 349 g/mol. The highest BCUT2D eigenvalue weighted by atomic mass is 35.5. The number of aromatic nitrogens is 2. The third-order valence-corrected chi connectivity index (χ3v) is 4.98. The number of nitrogens with one attached hydrogen (secondary N) is 2. The van der Waals surface area contributed by atoms with Gasteiger partial charge in [0.15, 0.2) is 0 Å². The lowest BCUT2D eigenvalue weighted by Crippen LogP contribution is -2.42. The van der Waals surface area contributed by atoms with E-state index < -0.39 is 0 Å². The van der Waals surface area contributed by atoms with Gasteiger partial charge in [-0.3, -0.25) is 5.10 Å². The molecule has 1 aromatic heterocycles. The van der Waals surface area contributed by atoms with Gasteiger partial charge in [0, 0.05) is 43.5 Å². The summed E-state index contributed by atoms with van der Waals surface area (Å²) in [6.45, 7) is 5.50. The second-order valence-electron chi connectivity index (χ2n) is 6.39. The van der Waals surface area contributed by atoms with Crippen LogP contribution in [0.25, 0.3) is 0 Å². The van der Waals surface area contributed by atoms with Crippen molar-refractivity contribution in [1.29, 1.82) is 0 Å². The molecule has 0 radical (unpaired) electrons. The average Bonchev–Trinajstić information content (AvgIpc) is 3.04. The zero-order valence-corrected chi connectivity index (χ0v) is 15.1. The summed E-state index contributed by atoms with van der Waals surface area (Å²) in [6.07, 6.45) is 2.25. The Morgan fingerprint density at radius 1 is 1.33 bits per heavy atom. The van der Waals surface area contributed by atoms with Crippen LogP contribution in [0.2, 0.25) is 5.02 Å². The molecule has 0 bridgehead atoms. The van der Waals surface area contributed by atoms with E-state index in [0.717, 1.165) is 54.4 Å². The highest BCUT2D eigenvalue weighted by Gasteiger charge is 2.19. The van der Waals surface area contributed by atoms with Crippen LogP contribution >= 0.6 is 11.6 Å². The van der Waals surface area contributed by atoms with Gasteiger partial charge in [-0.25, -0.2) is 0 Å². The molecule has 0 unspecified atom stereocenters. The number of nitrogens with zero attached hydrogens (tertiary/aromatic N) is 2. The summed E-state index contributed by atoms with van der Waals surface area (Å²) >= 11 is 6.25. The van der Waals surface area contributed by atoms with Gasteiger partial charge in [-0.1, -0.05) is 17.7 Å². The Morgan fingerprint density at radius 3 is 2.83 bits per heavy atom. The Kier molecular flexibility index (Phi) is 5.76. The lowest BCUT2D eigenvalue weighted by molar-refractivity contribution is 0.181. The van der Waals surface area contributed by atoms with Crippen LogP contribution in [0.5, 0.6) is 0 Å². The molecule has 0 saturated carbocycles. The number of hydrogen-bond donors (Lipinski definition) is 2. The third kappa shape index (κ3) is 4.29. The van der Waals surface area contributed by atoms with E-state index in [1.54, 1.807) is 7.11 Å². The van der Waals surface area contributed by atoms with Crippen molar-refractivity contribution in [3.8, 4) is 0 Å². The number of halogens is 1. The van der Waals surface area contributed by atoms with Gasteiger partial charge in [0.2, 0.25) is 0 Å². The Bertz CT molecular complexity index is 665. The van der Waals surface area contributed by atoms with Gasteiger partial charge in [-0.15, -0.1) is 0 Å². The van der Waals surface area contributed by atoms with E-state index in [-0.39, 0.29) is 0 Å². The predicted molar refractivity (Wildman–Crippen MR) is 97.6 cm³/mol. The van der Waals surface area contributed by atoms with E-state index in [2.05, 4.69) is 44.7 Å². The fourth-order valence-corrected chi connectivity index (χ4v) is 3.27. The lowest BCUT2D eigenvalue weighted by atomic mass is 10.0. The van der Waals surface area contributed by atoms with Crippen LogP contribution in [0.1, 0.15) is 29.8 Å². The molecule has 0 amide bonds. The fourth-order valence-electron chi connectivity index (χ4n) is 3.10. The summed E-state index contributed by atoms with van der Waals surface area (Å²) in [6, 6.07) is 8.92. The number of benzene rings is 1. The number of ether oxygens (including phenoxy) is 1. The molecule has 6 heteroatoms. The van der Waals surface area contributed by atoms with Crippen LogP contribution in [0.3, 0.4) is 0 Å². The first-order chi connectivity index (χ1) is 11.7. The number of aryl methyl sites for hydroxylation is 1. The van der Waals surface area contributed by atoms with Gasteiger partial charge in [0.05, 0.1) is 18.0 Å². The van der Waals surface area contributed by atoms with Gasteiger partial charge < -0.3 is 15.0 Å². The first-order valence-corrected chi connectivity index (χ1v) is 8.80. The smallest absolute Gasteiger partial charge is 0.0878 e. The molecule has 1 fully saturated rings. The molecule has 1 aromatic carbocycles. The van der Waals surface area contributed by atoms with Crippen LogP contribution in [-0.4, -0.2) is 36.4 Å². The monoisotopic (exact) mass is 348 g/mol. The number of methoxy groups -OCH3 is 1. The van der Waals surface area contributed by atoms with Gasteiger partial charge in [-0.2, -0.15) is 5.10 Å². The maximum Gasteiger partial charge on any atom is 0.0878 e. The number of aromatic amines is 1. The van der Waals surface area contributed by atoms with Crippen molar-refractivity contribution in [2.24, 2.45) is 0 Å². The summed E-state index contributed by atoms with van der Waals surface area (Å²) in [5, 5.41) is 11.8. The summed E-state index contributed by atoms with van der Waals surface area (Å²) < 4.78 is 5.10. The SMILES string of the molecule is COCc1cc(CNC2CCN(c3ccc(C)c(Cl)c3)CC2)n[nH]1. The minimum Gasteiger partial charge on any atom is -0.378 e. The molecule has 1 aliphatic rings. The van der Waals surface area contributed by atoms with Gasteiger partial charge in [-0.05, 0) is 43.5 Å². The topological polar surface area (TPSA) is 53.2 Å². The molecule has 2 heterocycles. The van der Waals surface area contributed by atoms with Crippen LogP contribution in [0.15, 0.2) is 24.3 Å². The quantitative estimate of drug-likeness (QED) is 0.841. The van der Waals surface area contributed by atoms with Crippen LogP contribution in [0.4, 0.5) is 5.69 Å². The first-order valence-electron chi connectivity index (χ1n) is 8.42. The maximum atomic E-state index is 6.25. The molecular weight excluding hydrogens is 324 g/mol. The molecule has 0 spiro atoms. The number of piperidine rings is 1. The van der Waals surface area contributed by atoms with Gasteiger partial charge >= 0.3 is 0 Å². The van der Waals surface area contributed by atoms with E-state index in [4.69, 9.17) is 16.3 Å². The summed E-state index contributed by atoms with van der Waals surface area (Å²) in [7, 11) is 1.69. The van der Waals surface area contributed by atoms with Gasteiger partial charge in [0.1, 0.15) is 0 Å². The molecule has 3 rings (SSSR count). The van der Waals surface area contributed by atoms with Crippen molar-refractivity contribution < 1.29 is 4.74 Å². The van der Waals surface area contributed by atoms with Crippen molar-refractivity contribution in [3.63, 3.8) is 0 Å². The summed E-state index contributed by atoms with van der Waals surface area (Å²) in [4.78, 5) is 2.41. The summed E-state index contributed by atoms with van der Waals surface area (Å²) in [5.74, 6) is 0. The Hall–Kier alpha value is -1.56. The first kappa shape index (κ1) is 17.3. The highest BCUT2D eigenvalue weighted by Crippen LogP contribution is 2.25. The van der Waals surface area contributed by atoms with E-state index in [0.29, 0.717) is 12.6 Å². The van der Waals surface area contributed by atoms with Crippen molar-refractivity contribution in [3.05, 3.63) is 46.2 Å². The molecular formula is C18H25ClN4O. The van der Waals surface area contributed by atoms with E-state index in [1.807, 2.05) is 6.92 Å². The number of H-pyrrole nitrogens is 1. The van der Waals surface area contributed by atoms with E-state index in [9.17, 15) is 0 Å². The minimum absolute atomic E-state index is 0.532. The van der Waals surface area contributed by atoms with E-state index >= 15 is 0 Å². The molecule has 130 valence electrons. The van der Waals surface area contributed by atoms with Crippen molar-refractivity contribution >= 4 is 17.3 Å². The molecule has 1 aliphatic heterocycles. The van der Waals surface area contributed by atoms with Crippen LogP contribution < -0.4 is 10.2 Å². The third-order valence-electron chi connectivity index (χ3n) is 4.57. The minimum atomic E-state index is 0.532. The standard InChI is InChI=1S/C18H25ClN4O/c1-13-3-4-17(10-18(13)19)23-7-5-14(6-8-23)20-11-15-9-16(12-24-2)22-21-15/h3-4,9-10,14,20H,5-8,11-12H2,1-2H3,(H,21,22). The molecule has 2 aromatic rings. The largest absolute Gasteiger partial charge is 0.378 e. The molecule has 0 aliphatic carbocycles. The molecule has 1 saturated heterocycles. The Morgan fingerprint density at radius 2 is 2.12 bits per heavy atom. The zero-order valence-electron chi connectivity index (χ0n) is 14.3. The maximum absolute atomic E-state index is 6.25. The molecule has 24 heavy (non-hydrogen) atoms. The Balaban J connectivity index is 1.47. The van der Waals surface area contributed by atoms with Crippen molar-refractivity contribution in [1.82, 2.24) is 15.5 Å². The summed E-state index contributed by atoms with van der Waals surface area (Å²) in [5.41, 5.74) is 4.40. The van der Waals surface area contributed by atoms with Crippen molar-refractivity contribution in [2.75, 3.05) is 25.1 Å². The number of anilines is 1. The van der Waals surface area contributed by atoms with Crippen LogP contribution in [-0.2, 0) is 17.9 Å². The van der Waals surface area contributed by atoms with Crippen LogP contribution in [0, 0.1) is 6.92 Å².